The smallest absolute Gasteiger partial charge is 0.299 e. The number of benzene rings is 5. The molecular weight excluding hydrogens is 556 g/mol. The van der Waals surface area contributed by atoms with Gasteiger partial charge in [0.2, 0.25) is 11.8 Å². The Hall–Kier alpha value is -5.89. The van der Waals surface area contributed by atoms with Crippen molar-refractivity contribution in [3.05, 3.63) is 139 Å². The Bertz CT molecular complexity index is 2090. The molecule has 0 bridgehead atoms. The fourth-order valence-corrected chi connectivity index (χ4v) is 5.47. The number of hydrogen-bond donors (Lipinski definition) is 0. The third-order valence-electron chi connectivity index (χ3n) is 7.66. The molecule has 6 nitrogen and oxygen atoms in total. The monoisotopic (exact) mass is 577 g/mol. The van der Waals surface area contributed by atoms with E-state index in [1.54, 1.807) is 24.3 Å². The minimum atomic E-state index is -3.17. The van der Waals surface area contributed by atoms with Crippen molar-refractivity contribution in [1.82, 2.24) is 25.1 Å². The molecule has 1 aliphatic rings. The van der Waals surface area contributed by atoms with E-state index >= 15 is 8.78 Å². The molecule has 0 fully saturated rings. The molecule has 7 aromatic rings. The van der Waals surface area contributed by atoms with E-state index in [0.29, 0.717) is 45.6 Å². The third kappa shape index (κ3) is 4.35. The predicted molar refractivity (Wildman–Crippen MR) is 163 cm³/mol. The Morgan fingerprint density at radius 3 is 1.36 bits per heavy atom. The maximum atomic E-state index is 15.7. The zero-order valence-corrected chi connectivity index (χ0v) is 23.0. The van der Waals surface area contributed by atoms with Crippen molar-refractivity contribution in [3.63, 3.8) is 0 Å². The quantitative estimate of drug-likeness (QED) is 0.204. The fraction of sp³-hybridized carbons (Fsp3) is 0.0278. The molecule has 210 valence electrons. The number of rotatable bonds is 5. The first-order chi connectivity index (χ1) is 21.5. The van der Waals surface area contributed by atoms with Crippen LogP contribution in [0.1, 0.15) is 11.1 Å². The molecule has 8 heteroatoms. The van der Waals surface area contributed by atoms with Crippen LogP contribution in [0.25, 0.3) is 68.2 Å². The van der Waals surface area contributed by atoms with Gasteiger partial charge in [-0.25, -0.2) is 15.0 Å². The van der Waals surface area contributed by atoms with Gasteiger partial charge in [-0.2, -0.15) is 8.78 Å². The molecule has 0 radical (unpaired) electrons. The number of hydrogen-bond acceptors (Lipinski definition) is 6. The number of halogens is 2. The molecule has 0 atom stereocenters. The maximum absolute atomic E-state index is 15.7. The second-order valence-electron chi connectivity index (χ2n) is 10.4. The molecule has 0 N–H and O–H groups in total. The standard InChI is InChI=1S/C36H21F2N5O/c37-36(38)29-18-16-25(33-40-31(22-10-4-1-5-11-22)39-32(41-33)23-12-6-2-7-13-23)20-27(29)28-21-26(17-19-30(28)36)35-43-42-34(44-35)24-14-8-3-9-15-24/h1-21H. The summed E-state index contributed by atoms with van der Waals surface area (Å²) < 4.78 is 37.3. The Balaban J connectivity index is 1.25. The molecular formula is C36H21F2N5O. The van der Waals surface area contributed by atoms with Crippen molar-refractivity contribution in [3.8, 4) is 68.2 Å². The summed E-state index contributed by atoms with van der Waals surface area (Å²) in [7, 11) is 0. The van der Waals surface area contributed by atoms with E-state index < -0.39 is 5.92 Å². The SMILES string of the molecule is FC1(F)c2ccc(-c3nc(-c4ccccc4)nc(-c4ccccc4)n3)cc2-c2cc(-c3nnc(-c4ccccc4)o3)ccc21. The molecule has 2 aromatic heterocycles. The predicted octanol–water partition coefficient (Wildman–Crippen LogP) is 8.71. The van der Waals surface area contributed by atoms with Crippen LogP contribution in [0.5, 0.6) is 0 Å². The second-order valence-corrected chi connectivity index (χ2v) is 10.4. The number of nitrogens with zero attached hydrogens (tertiary/aromatic N) is 5. The van der Waals surface area contributed by atoms with Gasteiger partial charge in [0.05, 0.1) is 0 Å². The van der Waals surface area contributed by atoms with Crippen molar-refractivity contribution < 1.29 is 13.2 Å². The average Bonchev–Trinajstić information content (AvgIpc) is 3.67. The van der Waals surface area contributed by atoms with Gasteiger partial charge in [-0.05, 0) is 41.5 Å². The van der Waals surface area contributed by atoms with Crippen LogP contribution in [0, 0.1) is 0 Å². The lowest BCUT2D eigenvalue weighted by molar-refractivity contribution is 0.0480. The first-order valence-electron chi connectivity index (χ1n) is 14.0. The molecule has 0 amide bonds. The normalized spacial score (nSPS) is 13.0. The van der Waals surface area contributed by atoms with Crippen LogP contribution in [0.4, 0.5) is 8.78 Å². The summed E-state index contributed by atoms with van der Waals surface area (Å²) in [5.74, 6) is -1.20. The molecule has 8 rings (SSSR count). The Kier molecular flexibility index (Phi) is 5.94. The van der Waals surface area contributed by atoms with Crippen LogP contribution >= 0.6 is 0 Å². The van der Waals surface area contributed by atoms with Crippen LogP contribution in [-0.2, 0) is 5.92 Å². The van der Waals surface area contributed by atoms with Crippen molar-refractivity contribution in [2.75, 3.05) is 0 Å². The topological polar surface area (TPSA) is 77.6 Å². The van der Waals surface area contributed by atoms with Crippen LogP contribution in [0.2, 0.25) is 0 Å². The van der Waals surface area contributed by atoms with E-state index in [0.717, 1.165) is 16.7 Å². The second kappa shape index (κ2) is 10.1. The van der Waals surface area contributed by atoms with E-state index in [1.165, 1.54) is 12.1 Å². The molecule has 2 heterocycles. The lowest BCUT2D eigenvalue weighted by Gasteiger charge is -2.12. The highest BCUT2D eigenvalue weighted by Gasteiger charge is 2.44. The van der Waals surface area contributed by atoms with Crippen LogP contribution in [-0.4, -0.2) is 25.1 Å². The number of aromatic nitrogens is 5. The zero-order chi connectivity index (χ0) is 29.7. The average molecular weight is 578 g/mol. The van der Waals surface area contributed by atoms with E-state index in [-0.39, 0.29) is 17.0 Å². The van der Waals surface area contributed by atoms with Crippen molar-refractivity contribution in [1.29, 1.82) is 0 Å². The molecule has 5 aromatic carbocycles. The molecule has 44 heavy (non-hydrogen) atoms. The fourth-order valence-electron chi connectivity index (χ4n) is 5.47. The largest absolute Gasteiger partial charge is 0.416 e. The first-order valence-corrected chi connectivity index (χ1v) is 14.0. The Labute approximate surface area is 250 Å². The van der Waals surface area contributed by atoms with Gasteiger partial charge in [0.25, 0.3) is 5.92 Å². The molecule has 0 spiro atoms. The molecule has 0 aliphatic heterocycles. The molecule has 0 unspecified atom stereocenters. The van der Waals surface area contributed by atoms with Crippen LogP contribution < -0.4 is 0 Å². The summed E-state index contributed by atoms with van der Waals surface area (Å²) in [5.41, 5.74) is 4.20. The van der Waals surface area contributed by atoms with Crippen molar-refractivity contribution in [2.45, 2.75) is 5.92 Å². The van der Waals surface area contributed by atoms with Gasteiger partial charge in [0.1, 0.15) is 0 Å². The van der Waals surface area contributed by atoms with Gasteiger partial charge in [0, 0.05) is 38.9 Å². The summed E-state index contributed by atoms with van der Waals surface area (Å²) in [6, 6.07) is 38.1. The minimum absolute atomic E-state index is 0.0791. The number of fused-ring (bicyclic) bond motifs is 3. The first kappa shape index (κ1) is 25.8. The summed E-state index contributed by atoms with van der Waals surface area (Å²) in [6.07, 6.45) is 0. The highest BCUT2D eigenvalue weighted by molar-refractivity contribution is 5.85. The van der Waals surface area contributed by atoms with Gasteiger partial charge in [0.15, 0.2) is 17.5 Å². The number of alkyl halides is 2. The van der Waals surface area contributed by atoms with Crippen LogP contribution in [0.3, 0.4) is 0 Å². The third-order valence-corrected chi connectivity index (χ3v) is 7.66. The van der Waals surface area contributed by atoms with E-state index in [1.807, 2.05) is 91.0 Å². The van der Waals surface area contributed by atoms with Crippen molar-refractivity contribution in [2.24, 2.45) is 0 Å². The summed E-state index contributed by atoms with van der Waals surface area (Å²) >= 11 is 0. The summed E-state index contributed by atoms with van der Waals surface area (Å²) in [5, 5.41) is 8.35. The molecule has 0 saturated carbocycles. The Morgan fingerprint density at radius 2 is 0.841 bits per heavy atom. The Morgan fingerprint density at radius 1 is 0.432 bits per heavy atom. The van der Waals surface area contributed by atoms with Gasteiger partial charge >= 0.3 is 0 Å². The highest BCUT2D eigenvalue weighted by atomic mass is 19.3. The zero-order valence-electron chi connectivity index (χ0n) is 23.0. The summed E-state index contributed by atoms with van der Waals surface area (Å²) in [4.78, 5) is 14.3. The van der Waals surface area contributed by atoms with E-state index in [9.17, 15) is 0 Å². The maximum Gasteiger partial charge on any atom is 0.299 e. The molecule has 0 saturated heterocycles. The lowest BCUT2D eigenvalue weighted by Crippen LogP contribution is -2.10. The molecule has 1 aliphatic carbocycles. The van der Waals surface area contributed by atoms with Gasteiger partial charge < -0.3 is 4.42 Å². The van der Waals surface area contributed by atoms with Gasteiger partial charge in [-0.15, -0.1) is 10.2 Å². The minimum Gasteiger partial charge on any atom is -0.416 e. The lowest BCUT2D eigenvalue weighted by atomic mass is 10.0. The van der Waals surface area contributed by atoms with Gasteiger partial charge in [-0.1, -0.05) is 97.1 Å². The van der Waals surface area contributed by atoms with E-state index in [2.05, 4.69) is 10.2 Å². The summed E-state index contributed by atoms with van der Waals surface area (Å²) in [6.45, 7) is 0. The highest BCUT2D eigenvalue weighted by Crippen LogP contribution is 2.52. The van der Waals surface area contributed by atoms with Crippen molar-refractivity contribution >= 4 is 0 Å². The van der Waals surface area contributed by atoms with Gasteiger partial charge in [-0.3, -0.25) is 0 Å². The van der Waals surface area contributed by atoms with E-state index in [4.69, 9.17) is 19.4 Å². The van der Waals surface area contributed by atoms with Crippen LogP contribution in [0.15, 0.2) is 132 Å².